The molecular formula is C22H23N3O2. The van der Waals surface area contributed by atoms with Gasteiger partial charge < -0.3 is 14.6 Å². The van der Waals surface area contributed by atoms with Gasteiger partial charge >= 0.3 is 0 Å². The Morgan fingerprint density at radius 1 is 1.11 bits per heavy atom. The minimum absolute atomic E-state index is 0.0993. The fourth-order valence-electron chi connectivity index (χ4n) is 4.48. The third kappa shape index (κ3) is 2.92. The number of likely N-dealkylation sites (tertiary alicyclic amines) is 1. The molecule has 2 aliphatic rings. The van der Waals surface area contributed by atoms with Crippen LogP contribution in [0.1, 0.15) is 29.6 Å². The van der Waals surface area contributed by atoms with Crippen LogP contribution in [0.15, 0.2) is 53.1 Å². The predicted molar refractivity (Wildman–Crippen MR) is 105 cm³/mol. The highest BCUT2D eigenvalue weighted by Crippen LogP contribution is 2.37. The molecule has 1 amide bonds. The number of furan rings is 1. The van der Waals surface area contributed by atoms with Gasteiger partial charge in [0.2, 0.25) is 0 Å². The topological polar surface area (TPSA) is 58.4 Å². The van der Waals surface area contributed by atoms with Gasteiger partial charge in [0.05, 0.1) is 17.3 Å². The smallest absolute Gasteiger partial charge is 0.254 e. The second-order valence-corrected chi connectivity index (χ2v) is 7.77. The summed E-state index contributed by atoms with van der Waals surface area (Å²) in [5.41, 5.74) is 2.64. The Hall–Kier alpha value is -2.66. The number of piperidine rings is 1. The minimum Gasteiger partial charge on any atom is -0.463 e. The molecule has 0 bridgehead atoms. The van der Waals surface area contributed by atoms with Crippen molar-refractivity contribution in [2.45, 2.75) is 19.3 Å². The maximum atomic E-state index is 13.4. The summed E-state index contributed by atoms with van der Waals surface area (Å²) in [5.74, 6) is 0.784. The minimum atomic E-state index is 0.0993. The van der Waals surface area contributed by atoms with E-state index >= 15 is 0 Å². The average molecular weight is 361 g/mol. The van der Waals surface area contributed by atoms with Crippen molar-refractivity contribution >= 4 is 16.8 Å². The highest BCUT2D eigenvalue weighted by atomic mass is 16.3. The summed E-state index contributed by atoms with van der Waals surface area (Å²) in [5, 5.41) is 4.39. The van der Waals surface area contributed by atoms with Gasteiger partial charge in [0, 0.05) is 25.0 Å². The van der Waals surface area contributed by atoms with Gasteiger partial charge in [-0.3, -0.25) is 4.79 Å². The number of hydrogen-bond donors (Lipinski definition) is 1. The second kappa shape index (κ2) is 6.50. The molecule has 2 aliphatic heterocycles. The molecule has 1 N–H and O–H groups in total. The van der Waals surface area contributed by atoms with E-state index in [9.17, 15) is 4.79 Å². The monoisotopic (exact) mass is 361 g/mol. The zero-order valence-electron chi connectivity index (χ0n) is 15.3. The van der Waals surface area contributed by atoms with E-state index in [1.807, 2.05) is 47.4 Å². The fraction of sp³-hybridized carbons (Fsp3) is 0.364. The Kier molecular flexibility index (Phi) is 3.97. The van der Waals surface area contributed by atoms with Gasteiger partial charge in [0.15, 0.2) is 5.76 Å². The first-order valence-corrected chi connectivity index (χ1v) is 9.68. The molecule has 5 heteroatoms. The molecule has 2 saturated heterocycles. The van der Waals surface area contributed by atoms with Crippen molar-refractivity contribution in [1.29, 1.82) is 0 Å². The Balaban J connectivity index is 1.49. The van der Waals surface area contributed by atoms with Crippen molar-refractivity contribution < 1.29 is 9.21 Å². The SMILES string of the molecule is O=C(c1cc(-c2ccco2)nc2ccccc12)N1CCC2(CCNC2)CC1. The maximum Gasteiger partial charge on any atom is 0.254 e. The van der Waals surface area contributed by atoms with E-state index < -0.39 is 0 Å². The predicted octanol–water partition coefficient (Wildman–Crippen LogP) is 3.71. The number of benzene rings is 1. The number of para-hydroxylation sites is 1. The molecule has 4 heterocycles. The standard InChI is InChI=1S/C22H23N3O2/c26-21(25-11-8-22(9-12-25)7-10-23-15-22)17-14-19(20-6-3-13-27-20)24-18-5-2-1-4-16(17)18/h1-6,13-14,23H,7-12,15H2. The number of hydrogen-bond acceptors (Lipinski definition) is 4. The molecule has 2 fully saturated rings. The van der Waals surface area contributed by atoms with Crippen molar-refractivity contribution in [1.82, 2.24) is 15.2 Å². The molecule has 1 spiro atoms. The highest BCUT2D eigenvalue weighted by Gasteiger charge is 2.38. The van der Waals surface area contributed by atoms with E-state index in [1.165, 1.54) is 6.42 Å². The lowest BCUT2D eigenvalue weighted by Crippen LogP contribution is -2.44. The normalized spacial score (nSPS) is 19.0. The van der Waals surface area contributed by atoms with Crippen LogP contribution in [0.4, 0.5) is 0 Å². The number of nitrogens with one attached hydrogen (secondary N) is 1. The van der Waals surface area contributed by atoms with Crippen molar-refractivity contribution in [2.24, 2.45) is 5.41 Å². The summed E-state index contributed by atoms with van der Waals surface area (Å²) < 4.78 is 5.52. The Morgan fingerprint density at radius 3 is 2.70 bits per heavy atom. The van der Waals surface area contributed by atoms with Gasteiger partial charge in [0.1, 0.15) is 5.69 Å². The van der Waals surface area contributed by atoms with E-state index in [0.29, 0.717) is 22.4 Å². The molecule has 0 atom stereocenters. The molecule has 2 aromatic heterocycles. The average Bonchev–Trinajstić information content (AvgIpc) is 3.40. The third-order valence-corrected chi connectivity index (χ3v) is 6.16. The molecule has 5 rings (SSSR count). The van der Waals surface area contributed by atoms with Gasteiger partial charge in [0.25, 0.3) is 5.91 Å². The van der Waals surface area contributed by atoms with Gasteiger partial charge in [-0.15, -0.1) is 0 Å². The number of nitrogens with zero attached hydrogens (tertiary/aromatic N) is 2. The number of fused-ring (bicyclic) bond motifs is 1. The van der Waals surface area contributed by atoms with Crippen LogP contribution in [-0.2, 0) is 0 Å². The molecule has 0 unspecified atom stereocenters. The van der Waals surface area contributed by atoms with Crippen molar-refractivity contribution in [3.63, 3.8) is 0 Å². The molecule has 3 aromatic rings. The quantitative estimate of drug-likeness (QED) is 0.756. The van der Waals surface area contributed by atoms with E-state index in [-0.39, 0.29) is 5.91 Å². The molecule has 0 radical (unpaired) electrons. The number of aromatic nitrogens is 1. The zero-order chi connectivity index (χ0) is 18.3. The van der Waals surface area contributed by atoms with Crippen LogP contribution in [0, 0.1) is 5.41 Å². The van der Waals surface area contributed by atoms with Gasteiger partial charge in [-0.2, -0.15) is 0 Å². The van der Waals surface area contributed by atoms with Crippen LogP contribution in [0.3, 0.4) is 0 Å². The van der Waals surface area contributed by atoms with Crippen LogP contribution in [0.5, 0.6) is 0 Å². The summed E-state index contributed by atoms with van der Waals surface area (Å²) >= 11 is 0. The highest BCUT2D eigenvalue weighted by molar-refractivity contribution is 6.07. The number of amides is 1. The molecule has 0 saturated carbocycles. The molecule has 0 aliphatic carbocycles. The number of rotatable bonds is 2. The van der Waals surface area contributed by atoms with Crippen LogP contribution in [-0.4, -0.2) is 42.0 Å². The van der Waals surface area contributed by atoms with Crippen molar-refractivity contribution in [3.05, 3.63) is 54.3 Å². The summed E-state index contributed by atoms with van der Waals surface area (Å²) in [6, 6.07) is 13.4. The largest absolute Gasteiger partial charge is 0.463 e. The van der Waals surface area contributed by atoms with E-state index in [0.717, 1.165) is 49.9 Å². The second-order valence-electron chi connectivity index (χ2n) is 7.77. The summed E-state index contributed by atoms with van der Waals surface area (Å²) in [4.78, 5) is 20.1. The van der Waals surface area contributed by atoms with E-state index in [1.54, 1.807) is 6.26 Å². The Morgan fingerprint density at radius 2 is 1.96 bits per heavy atom. The lowest BCUT2D eigenvalue weighted by atomic mass is 9.77. The first kappa shape index (κ1) is 16.5. The number of carbonyl (C=O) groups excluding carboxylic acids is 1. The lowest BCUT2D eigenvalue weighted by Gasteiger charge is -2.39. The van der Waals surface area contributed by atoms with Crippen LogP contribution < -0.4 is 5.32 Å². The van der Waals surface area contributed by atoms with E-state index in [2.05, 4.69) is 5.32 Å². The first-order valence-electron chi connectivity index (χ1n) is 9.68. The van der Waals surface area contributed by atoms with Crippen molar-refractivity contribution in [3.8, 4) is 11.5 Å². The fourth-order valence-corrected chi connectivity index (χ4v) is 4.48. The third-order valence-electron chi connectivity index (χ3n) is 6.16. The van der Waals surface area contributed by atoms with Gasteiger partial charge in [-0.1, -0.05) is 18.2 Å². The summed E-state index contributed by atoms with van der Waals surface area (Å²) in [6.45, 7) is 3.85. The first-order chi connectivity index (χ1) is 13.2. The molecule has 138 valence electrons. The zero-order valence-corrected chi connectivity index (χ0v) is 15.3. The maximum absolute atomic E-state index is 13.4. The lowest BCUT2D eigenvalue weighted by molar-refractivity contribution is 0.0609. The Labute approximate surface area is 158 Å². The number of carbonyl (C=O) groups is 1. The van der Waals surface area contributed by atoms with Gasteiger partial charge in [-0.25, -0.2) is 4.98 Å². The summed E-state index contributed by atoms with van der Waals surface area (Å²) in [7, 11) is 0. The van der Waals surface area contributed by atoms with E-state index in [4.69, 9.17) is 9.40 Å². The number of pyridine rings is 1. The molecule has 27 heavy (non-hydrogen) atoms. The Bertz CT molecular complexity index is 964. The van der Waals surface area contributed by atoms with Crippen molar-refractivity contribution in [2.75, 3.05) is 26.2 Å². The van der Waals surface area contributed by atoms with Crippen LogP contribution >= 0.6 is 0 Å². The molecular weight excluding hydrogens is 338 g/mol. The summed E-state index contributed by atoms with van der Waals surface area (Å²) in [6.07, 6.45) is 5.03. The molecule has 5 nitrogen and oxygen atoms in total. The molecule has 1 aromatic carbocycles. The van der Waals surface area contributed by atoms with Crippen LogP contribution in [0.2, 0.25) is 0 Å². The van der Waals surface area contributed by atoms with Crippen LogP contribution in [0.25, 0.3) is 22.4 Å². The van der Waals surface area contributed by atoms with Gasteiger partial charge in [-0.05, 0) is 55.5 Å².